The number of hydroxylamine groups is 1. The van der Waals surface area contributed by atoms with Gasteiger partial charge in [-0.25, -0.2) is 10.3 Å². The first-order valence-electron chi connectivity index (χ1n) is 12.9. The number of pyridine rings is 1. The number of hydrogen-bond acceptors (Lipinski definition) is 7. The number of para-hydroxylation sites is 2. The third kappa shape index (κ3) is 4.92. The molecular formula is C28H31N5O6. The predicted octanol–water partition coefficient (Wildman–Crippen LogP) is 2.59. The molecule has 39 heavy (non-hydrogen) atoms. The van der Waals surface area contributed by atoms with E-state index in [1.807, 2.05) is 54.6 Å². The van der Waals surface area contributed by atoms with Gasteiger partial charge in [0.05, 0.1) is 18.0 Å². The summed E-state index contributed by atoms with van der Waals surface area (Å²) in [4.78, 5) is 48.6. The molecule has 5 rings (SSSR count). The first-order chi connectivity index (χ1) is 18.8. The van der Waals surface area contributed by atoms with Gasteiger partial charge in [-0.15, -0.1) is 0 Å². The molecular weight excluding hydrogens is 502 g/mol. The average molecular weight is 534 g/mol. The molecule has 0 radical (unpaired) electrons. The molecule has 0 spiro atoms. The number of fused-ring (bicyclic) bond motifs is 1. The maximum absolute atomic E-state index is 14.0. The molecule has 0 saturated carbocycles. The molecule has 2 aliphatic rings. The smallest absolute Gasteiger partial charge is 0.408 e. The van der Waals surface area contributed by atoms with Crippen LogP contribution in [-0.4, -0.2) is 87.4 Å². The van der Waals surface area contributed by atoms with Crippen LogP contribution in [0.2, 0.25) is 0 Å². The Kier molecular flexibility index (Phi) is 7.25. The van der Waals surface area contributed by atoms with Crippen molar-refractivity contribution in [2.75, 3.05) is 37.6 Å². The Morgan fingerprint density at radius 1 is 1.00 bits per heavy atom. The van der Waals surface area contributed by atoms with Crippen LogP contribution < -0.4 is 15.1 Å². The molecule has 11 heteroatoms. The Labute approximate surface area is 225 Å². The fraction of sp³-hybridized carbons (Fsp3) is 0.357. The second kappa shape index (κ2) is 10.8. The van der Waals surface area contributed by atoms with Gasteiger partial charge < -0.3 is 19.6 Å². The van der Waals surface area contributed by atoms with Crippen LogP contribution in [0.1, 0.15) is 13.3 Å². The highest BCUT2D eigenvalue weighted by molar-refractivity contribution is 5.96. The fourth-order valence-corrected chi connectivity index (χ4v) is 5.69. The molecule has 3 heterocycles. The minimum absolute atomic E-state index is 0.0268. The van der Waals surface area contributed by atoms with Gasteiger partial charge in [-0.2, -0.15) is 0 Å². The number of amides is 3. The first kappa shape index (κ1) is 26.2. The van der Waals surface area contributed by atoms with Crippen LogP contribution in [-0.2, 0) is 9.59 Å². The lowest BCUT2D eigenvalue weighted by molar-refractivity contribution is -0.161. The molecule has 204 valence electrons. The number of carbonyl (C=O) groups excluding carboxylic acids is 2. The largest absolute Gasteiger partial charge is 0.488 e. The Morgan fingerprint density at radius 2 is 1.69 bits per heavy atom. The minimum atomic E-state index is -1.74. The number of hydrogen-bond donors (Lipinski definition) is 3. The van der Waals surface area contributed by atoms with E-state index in [-0.39, 0.29) is 13.0 Å². The molecule has 0 bridgehead atoms. The van der Waals surface area contributed by atoms with Gasteiger partial charge >= 0.3 is 6.09 Å². The number of benzene rings is 2. The third-order valence-electron chi connectivity index (χ3n) is 7.81. The number of piperidine rings is 1. The molecule has 0 unspecified atom stereocenters. The quantitative estimate of drug-likeness (QED) is 0.336. The monoisotopic (exact) mass is 533 g/mol. The summed E-state index contributed by atoms with van der Waals surface area (Å²) in [6, 6.07) is 18.9. The highest BCUT2D eigenvalue weighted by Gasteiger charge is 2.57. The lowest BCUT2D eigenvalue weighted by atomic mass is 9.75. The lowest BCUT2D eigenvalue weighted by Gasteiger charge is -2.51. The first-order valence-corrected chi connectivity index (χ1v) is 12.9. The number of nitrogens with one attached hydrogen (secondary N) is 1. The fourth-order valence-electron chi connectivity index (χ4n) is 5.69. The number of anilines is 1. The second-order valence-electron chi connectivity index (χ2n) is 9.99. The summed E-state index contributed by atoms with van der Waals surface area (Å²) in [5, 5.41) is 20.5. The van der Waals surface area contributed by atoms with Crippen LogP contribution in [0.25, 0.3) is 10.9 Å². The number of likely N-dealkylation sites (tertiary alicyclic amines) is 1. The van der Waals surface area contributed by atoms with Crippen LogP contribution in [0.4, 0.5) is 10.5 Å². The number of nitrogens with zero attached hydrogens (tertiary/aromatic N) is 4. The Bertz CT molecular complexity index is 1360. The van der Waals surface area contributed by atoms with Crippen molar-refractivity contribution in [3.63, 3.8) is 0 Å². The Hall–Kier alpha value is -4.38. The zero-order valence-corrected chi connectivity index (χ0v) is 21.6. The van der Waals surface area contributed by atoms with Crippen LogP contribution in [0, 0.1) is 5.92 Å². The molecule has 11 nitrogen and oxygen atoms in total. The van der Waals surface area contributed by atoms with E-state index < -0.39 is 35.5 Å². The van der Waals surface area contributed by atoms with Crippen LogP contribution >= 0.6 is 0 Å². The predicted molar refractivity (Wildman–Crippen MR) is 143 cm³/mol. The van der Waals surface area contributed by atoms with Crippen molar-refractivity contribution >= 4 is 34.5 Å². The molecule has 2 aromatic carbocycles. The van der Waals surface area contributed by atoms with Crippen molar-refractivity contribution in [1.82, 2.24) is 20.3 Å². The van der Waals surface area contributed by atoms with Gasteiger partial charge in [-0.1, -0.05) is 30.3 Å². The summed E-state index contributed by atoms with van der Waals surface area (Å²) in [7, 11) is 0. The van der Waals surface area contributed by atoms with Gasteiger partial charge in [0.25, 0.3) is 0 Å². The van der Waals surface area contributed by atoms with E-state index >= 15 is 0 Å². The van der Waals surface area contributed by atoms with E-state index in [0.29, 0.717) is 37.4 Å². The zero-order chi connectivity index (χ0) is 27.6. The van der Waals surface area contributed by atoms with E-state index in [1.54, 1.807) is 22.6 Å². The molecule has 0 aliphatic carbocycles. The van der Waals surface area contributed by atoms with Crippen LogP contribution in [0.15, 0.2) is 66.9 Å². The van der Waals surface area contributed by atoms with E-state index in [2.05, 4.69) is 9.88 Å². The van der Waals surface area contributed by atoms with Gasteiger partial charge in [0.15, 0.2) is 0 Å². The molecule has 2 aliphatic heterocycles. The molecule has 1 aromatic heterocycles. The van der Waals surface area contributed by atoms with E-state index in [4.69, 9.17) is 4.74 Å². The van der Waals surface area contributed by atoms with Crippen molar-refractivity contribution in [1.29, 1.82) is 0 Å². The molecule has 3 N–H and O–H groups in total. The molecule has 3 aromatic rings. The second-order valence-corrected chi connectivity index (χ2v) is 9.99. The number of carbonyl (C=O) groups is 3. The van der Waals surface area contributed by atoms with Gasteiger partial charge in [-0.05, 0) is 37.3 Å². The van der Waals surface area contributed by atoms with Crippen LogP contribution in [0.5, 0.6) is 5.75 Å². The normalized spacial score (nSPS) is 23.4. The maximum atomic E-state index is 14.0. The SMILES string of the molecule is C[C@@]1(C(=O)N2CCN(c3ccccc3)CC2)[C@@H](C(=O)NO)C[C@H](Oc2ccnc3ccccc23)CN1C(=O)O. The van der Waals surface area contributed by atoms with Gasteiger partial charge in [0.2, 0.25) is 11.8 Å². The summed E-state index contributed by atoms with van der Waals surface area (Å²) in [5.74, 6) is -2.01. The average Bonchev–Trinajstić information content (AvgIpc) is 2.97. The summed E-state index contributed by atoms with van der Waals surface area (Å²) < 4.78 is 6.22. The summed E-state index contributed by atoms with van der Waals surface area (Å²) >= 11 is 0. The number of ether oxygens (including phenoxy) is 1. The highest BCUT2D eigenvalue weighted by atomic mass is 16.5. The highest BCUT2D eigenvalue weighted by Crippen LogP contribution is 2.38. The Balaban J connectivity index is 1.40. The van der Waals surface area contributed by atoms with Crippen molar-refractivity contribution < 1.29 is 29.4 Å². The summed E-state index contributed by atoms with van der Waals surface area (Å²) in [6.45, 7) is 3.20. The standard InChI is InChI=1S/C28H31N5O6/c1-28(26(35)32-15-13-31(14-16-32)19-7-3-2-4-8-19)22(25(34)30-38)17-20(18-33(28)27(36)37)39-24-11-12-29-23-10-6-5-9-21(23)24/h2-12,20,22,38H,13-18H2,1H3,(H,30,34)(H,36,37)/t20-,22+,28-/m0/s1. The Morgan fingerprint density at radius 3 is 2.38 bits per heavy atom. The van der Waals surface area contributed by atoms with Gasteiger partial charge in [0.1, 0.15) is 17.4 Å². The number of carboxylic acid groups (broad SMARTS) is 1. The van der Waals surface area contributed by atoms with Crippen molar-refractivity contribution in [3.05, 3.63) is 66.9 Å². The zero-order valence-electron chi connectivity index (χ0n) is 21.6. The minimum Gasteiger partial charge on any atom is -0.488 e. The molecule has 3 atom stereocenters. The van der Waals surface area contributed by atoms with E-state index in [0.717, 1.165) is 16.0 Å². The van der Waals surface area contributed by atoms with Crippen molar-refractivity contribution in [3.8, 4) is 5.75 Å². The maximum Gasteiger partial charge on any atom is 0.408 e. The number of rotatable bonds is 5. The molecule has 2 saturated heterocycles. The van der Waals surface area contributed by atoms with E-state index in [9.17, 15) is 24.7 Å². The van der Waals surface area contributed by atoms with Crippen molar-refractivity contribution in [2.24, 2.45) is 5.92 Å². The molecule has 2 fully saturated rings. The number of aromatic nitrogens is 1. The topological polar surface area (TPSA) is 136 Å². The van der Waals surface area contributed by atoms with E-state index in [1.165, 1.54) is 6.92 Å². The van der Waals surface area contributed by atoms with Crippen molar-refractivity contribution in [2.45, 2.75) is 25.0 Å². The number of piperazine rings is 1. The summed E-state index contributed by atoms with van der Waals surface area (Å²) in [5.41, 5.74) is 1.66. The van der Waals surface area contributed by atoms with Gasteiger partial charge in [0, 0.05) is 49.9 Å². The van der Waals surface area contributed by atoms with Crippen LogP contribution in [0.3, 0.4) is 0 Å². The van der Waals surface area contributed by atoms with Gasteiger partial charge in [-0.3, -0.25) is 24.7 Å². The lowest BCUT2D eigenvalue weighted by Crippen LogP contribution is -2.71. The summed E-state index contributed by atoms with van der Waals surface area (Å²) in [6.07, 6.45) is -0.475. The molecule has 3 amide bonds. The third-order valence-corrected chi connectivity index (χ3v) is 7.81.